The monoisotopic (exact) mass is 303 g/mol. The summed E-state index contributed by atoms with van der Waals surface area (Å²) in [6.07, 6.45) is 0. The molecular weight excluding hydrogens is 289 g/mol. The lowest BCUT2D eigenvalue weighted by molar-refractivity contribution is 0.120. The van der Waals surface area contributed by atoms with E-state index in [-0.39, 0.29) is 23.9 Å². The lowest BCUT2D eigenvalue weighted by Crippen LogP contribution is -2.36. The van der Waals surface area contributed by atoms with E-state index in [1.165, 1.54) is 12.1 Å². The number of halogens is 1. The first-order chi connectivity index (χ1) is 10.8. The molecule has 0 radical (unpaired) electrons. The Balaban J connectivity index is 1.73. The van der Waals surface area contributed by atoms with Crippen LogP contribution in [0.2, 0.25) is 0 Å². The Bertz CT molecular complexity index is 690. The molecule has 2 heterocycles. The van der Waals surface area contributed by atoms with Crippen molar-refractivity contribution < 1.29 is 18.3 Å². The number of anilines is 1. The van der Waals surface area contributed by atoms with Gasteiger partial charge in [0.05, 0.1) is 13.2 Å². The molecule has 114 valence electrons. The van der Waals surface area contributed by atoms with Crippen LogP contribution in [0.25, 0.3) is 0 Å². The van der Waals surface area contributed by atoms with Crippen molar-refractivity contribution in [3.05, 3.63) is 41.7 Å². The highest BCUT2D eigenvalue weighted by Gasteiger charge is 2.21. The minimum atomic E-state index is -0.456. The maximum atomic E-state index is 13.5. The third kappa shape index (κ3) is 3.02. The lowest BCUT2D eigenvalue weighted by atomic mass is 10.3. The van der Waals surface area contributed by atoms with Gasteiger partial charge in [-0.2, -0.15) is 10.2 Å². The molecule has 1 fully saturated rings. The summed E-state index contributed by atoms with van der Waals surface area (Å²) in [6, 6.07) is 8.09. The number of para-hydroxylation sites is 1. The molecule has 1 saturated heterocycles. The quantitative estimate of drug-likeness (QED) is 0.861. The van der Waals surface area contributed by atoms with Crippen molar-refractivity contribution in [3.8, 4) is 11.8 Å². The average molecular weight is 303 g/mol. The highest BCUT2D eigenvalue weighted by Crippen LogP contribution is 2.24. The fourth-order valence-electron chi connectivity index (χ4n) is 2.17. The van der Waals surface area contributed by atoms with E-state index in [2.05, 4.69) is 4.98 Å². The average Bonchev–Trinajstić information content (AvgIpc) is 2.98. The van der Waals surface area contributed by atoms with Gasteiger partial charge in [0.1, 0.15) is 6.07 Å². The van der Waals surface area contributed by atoms with E-state index < -0.39 is 5.82 Å². The van der Waals surface area contributed by atoms with Gasteiger partial charge in [-0.25, -0.2) is 4.39 Å². The van der Waals surface area contributed by atoms with Crippen LogP contribution in [-0.2, 0) is 11.3 Å². The first-order valence-electron chi connectivity index (χ1n) is 6.88. The molecule has 0 N–H and O–H groups in total. The molecule has 0 bridgehead atoms. The van der Waals surface area contributed by atoms with Gasteiger partial charge in [-0.15, -0.1) is 0 Å². The van der Waals surface area contributed by atoms with Gasteiger partial charge in [0, 0.05) is 13.1 Å². The van der Waals surface area contributed by atoms with Crippen molar-refractivity contribution in [1.82, 2.24) is 4.98 Å². The minimum absolute atomic E-state index is 0.0417. The maximum Gasteiger partial charge on any atom is 0.236 e. The van der Waals surface area contributed by atoms with Crippen LogP contribution in [0.15, 0.2) is 28.7 Å². The summed E-state index contributed by atoms with van der Waals surface area (Å²) in [5.74, 6) is 0.314. The summed E-state index contributed by atoms with van der Waals surface area (Å²) in [6.45, 7) is 2.38. The molecule has 6 nitrogen and oxygen atoms in total. The largest absolute Gasteiger partial charge is 0.481 e. The normalized spacial score (nSPS) is 14.6. The number of ether oxygens (including phenoxy) is 2. The third-order valence-electron chi connectivity index (χ3n) is 3.25. The van der Waals surface area contributed by atoms with Gasteiger partial charge >= 0.3 is 0 Å². The minimum Gasteiger partial charge on any atom is -0.481 e. The van der Waals surface area contributed by atoms with E-state index in [0.717, 1.165) is 0 Å². The van der Waals surface area contributed by atoms with Gasteiger partial charge in [0.25, 0.3) is 0 Å². The summed E-state index contributed by atoms with van der Waals surface area (Å²) >= 11 is 0. The van der Waals surface area contributed by atoms with Crippen LogP contribution in [0, 0.1) is 17.1 Å². The zero-order chi connectivity index (χ0) is 15.4. The van der Waals surface area contributed by atoms with E-state index in [1.54, 1.807) is 12.1 Å². The highest BCUT2D eigenvalue weighted by molar-refractivity contribution is 5.48. The summed E-state index contributed by atoms with van der Waals surface area (Å²) < 4.78 is 29.7. The number of hydrogen-bond donors (Lipinski definition) is 0. The van der Waals surface area contributed by atoms with E-state index in [1.807, 2.05) is 11.0 Å². The molecule has 2 aromatic rings. The molecule has 0 unspecified atom stereocenters. The number of rotatable bonds is 4. The van der Waals surface area contributed by atoms with Crippen molar-refractivity contribution in [2.24, 2.45) is 0 Å². The maximum absolute atomic E-state index is 13.5. The number of nitriles is 1. The van der Waals surface area contributed by atoms with Crippen molar-refractivity contribution in [1.29, 1.82) is 5.26 Å². The Hall–Kier alpha value is -2.59. The van der Waals surface area contributed by atoms with Crippen LogP contribution in [0.3, 0.4) is 0 Å². The van der Waals surface area contributed by atoms with Gasteiger partial charge in [0.2, 0.25) is 17.5 Å². The van der Waals surface area contributed by atoms with Crippen LogP contribution in [-0.4, -0.2) is 31.3 Å². The molecule has 1 aromatic carbocycles. The molecule has 0 amide bonds. The van der Waals surface area contributed by atoms with E-state index in [4.69, 9.17) is 19.2 Å². The Morgan fingerprint density at radius 3 is 2.82 bits per heavy atom. The predicted molar refractivity (Wildman–Crippen MR) is 75.0 cm³/mol. The summed E-state index contributed by atoms with van der Waals surface area (Å²) in [7, 11) is 0. The van der Waals surface area contributed by atoms with Crippen LogP contribution in [0.1, 0.15) is 11.6 Å². The zero-order valence-corrected chi connectivity index (χ0v) is 11.8. The summed E-state index contributed by atoms with van der Waals surface area (Å²) in [4.78, 5) is 6.00. The van der Waals surface area contributed by atoms with Gasteiger partial charge in [0.15, 0.2) is 18.2 Å². The number of hydrogen-bond acceptors (Lipinski definition) is 6. The molecule has 1 aliphatic rings. The van der Waals surface area contributed by atoms with Crippen LogP contribution in [0.4, 0.5) is 10.3 Å². The van der Waals surface area contributed by atoms with E-state index in [0.29, 0.717) is 32.2 Å². The Labute approximate surface area is 126 Å². The van der Waals surface area contributed by atoms with Gasteiger partial charge in [-0.05, 0) is 12.1 Å². The molecule has 0 aliphatic carbocycles. The number of nitrogens with zero attached hydrogens (tertiary/aromatic N) is 3. The standard InChI is InChI=1S/C15H14FN3O3/c16-11-3-1-2-4-13(11)21-10-14-18-12(9-17)15(22-14)19-5-7-20-8-6-19/h1-4H,5-8,10H2. The second-order valence-corrected chi connectivity index (χ2v) is 4.69. The molecule has 22 heavy (non-hydrogen) atoms. The SMILES string of the molecule is N#Cc1nc(COc2ccccc2F)oc1N1CCOCC1. The Kier molecular flexibility index (Phi) is 4.21. The summed E-state index contributed by atoms with van der Waals surface area (Å²) in [5, 5.41) is 9.16. The molecular formula is C15H14FN3O3. The number of morpholine rings is 1. The molecule has 1 aliphatic heterocycles. The third-order valence-corrected chi connectivity index (χ3v) is 3.25. The van der Waals surface area contributed by atoms with Crippen molar-refractivity contribution in [3.63, 3.8) is 0 Å². The molecule has 0 atom stereocenters. The Morgan fingerprint density at radius 1 is 1.32 bits per heavy atom. The molecule has 1 aromatic heterocycles. The first kappa shape index (κ1) is 14.4. The highest BCUT2D eigenvalue weighted by atomic mass is 19.1. The number of aromatic nitrogens is 1. The fraction of sp³-hybridized carbons (Fsp3) is 0.333. The van der Waals surface area contributed by atoms with Crippen molar-refractivity contribution >= 4 is 5.88 Å². The van der Waals surface area contributed by atoms with Crippen molar-refractivity contribution in [2.75, 3.05) is 31.2 Å². The van der Waals surface area contributed by atoms with Crippen LogP contribution >= 0.6 is 0 Å². The molecule has 0 spiro atoms. The van der Waals surface area contributed by atoms with Crippen molar-refractivity contribution in [2.45, 2.75) is 6.61 Å². The zero-order valence-electron chi connectivity index (χ0n) is 11.8. The van der Waals surface area contributed by atoms with Gasteiger partial charge in [-0.1, -0.05) is 12.1 Å². The number of oxazole rings is 1. The molecule has 7 heteroatoms. The first-order valence-corrected chi connectivity index (χ1v) is 6.88. The van der Waals surface area contributed by atoms with Gasteiger partial charge < -0.3 is 18.8 Å². The molecule has 0 saturated carbocycles. The second-order valence-electron chi connectivity index (χ2n) is 4.69. The number of benzene rings is 1. The molecule has 3 rings (SSSR count). The topological polar surface area (TPSA) is 71.5 Å². The van der Waals surface area contributed by atoms with Crippen LogP contribution in [0.5, 0.6) is 5.75 Å². The lowest BCUT2D eigenvalue weighted by Gasteiger charge is -2.25. The van der Waals surface area contributed by atoms with E-state index in [9.17, 15) is 4.39 Å². The smallest absolute Gasteiger partial charge is 0.236 e. The second kappa shape index (κ2) is 6.45. The summed E-state index contributed by atoms with van der Waals surface area (Å²) in [5.41, 5.74) is 0.203. The predicted octanol–water partition coefficient (Wildman–Crippen LogP) is 2.10. The Morgan fingerprint density at radius 2 is 2.09 bits per heavy atom. The van der Waals surface area contributed by atoms with E-state index >= 15 is 0 Å². The van der Waals surface area contributed by atoms with Gasteiger partial charge in [-0.3, -0.25) is 0 Å². The fourth-order valence-corrected chi connectivity index (χ4v) is 2.17. The van der Waals surface area contributed by atoms with Crippen LogP contribution < -0.4 is 9.64 Å².